The molecule has 0 unspecified atom stereocenters. The summed E-state index contributed by atoms with van der Waals surface area (Å²) in [6.07, 6.45) is 2.49. The molecule has 66 valence electrons. The molecular weight excluding hydrogens is 176 g/mol. The largest absolute Gasteiger partial charge is 0.330 e. The van der Waals surface area contributed by atoms with Crippen LogP contribution < -0.4 is 11.3 Å². The molecule has 1 rings (SSSR count). The molecule has 4 heteroatoms. The van der Waals surface area contributed by atoms with Gasteiger partial charge in [-0.05, 0) is 24.6 Å². The van der Waals surface area contributed by atoms with Gasteiger partial charge in [0, 0.05) is 13.2 Å². The fraction of sp³-hybridized carbons (Fsp3) is 0.375. The lowest BCUT2D eigenvalue weighted by Crippen LogP contribution is -2.17. The average Bonchev–Trinajstić information content (AvgIpc) is 2.01. The van der Waals surface area contributed by atoms with Gasteiger partial charge in [0.15, 0.2) is 0 Å². The molecule has 3 nitrogen and oxygen atoms in total. The average molecular weight is 187 g/mol. The number of pyridine rings is 1. The van der Waals surface area contributed by atoms with Crippen LogP contribution in [0.25, 0.3) is 0 Å². The Bertz CT molecular complexity index is 306. The van der Waals surface area contributed by atoms with Crippen LogP contribution in [0.15, 0.2) is 17.1 Å². The van der Waals surface area contributed by atoms with Gasteiger partial charge in [-0.15, -0.1) is 0 Å². The Morgan fingerprint density at radius 1 is 1.67 bits per heavy atom. The molecule has 0 saturated carbocycles. The van der Waals surface area contributed by atoms with E-state index in [0.717, 1.165) is 12.0 Å². The Kier molecular flexibility index (Phi) is 2.89. The van der Waals surface area contributed by atoms with Crippen LogP contribution in [0.2, 0.25) is 5.02 Å². The zero-order valence-electron chi connectivity index (χ0n) is 6.88. The van der Waals surface area contributed by atoms with Gasteiger partial charge in [0.1, 0.15) is 5.02 Å². The molecule has 2 N–H and O–H groups in total. The molecule has 0 saturated heterocycles. The van der Waals surface area contributed by atoms with E-state index in [1.165, 1.54) is 4.57 Å². The van der Waals surface area contributed by atoms with E-state index in [1.54, 1.807) is 19.3 Å². The highest BCUT2D eigenvalue weighted by Gasteiger charge is 2.00. The van der Waals surface area contributed by atoms with Gasteiger partial charge in [0.25, 0.3) is 5.56 Å². The summed E-state index contributed by atoms with van der Waals surface area (Å²) in [4.78, 5) is 11.1. The lowest BCUT2D eigenvalue weighted by atomic mass is 10.2. The number of nitrogens with zero attached hydrogens (tertiary/aromatic N) is 1. The topological polar surface area (TPSA) is 48.0 Å². The van der Waals surface area contributed by atoms with Gasteiger partial charge in [0.05, 0.1) is 0 Å². The number of nitrogens with two attached hydrogens (primary N) is 1. The van der Waals surface area contributed by atoms with Crippen molar-refractivity contribution in [1.29, 1.82) is 0 Å². The summed E-state index contributed by atoms with van der Waals surface area (Å²) < 4.78 is 1.47. The first-order chi connectivity index (χ1) is 5.65. The molecule has 0 amide bonds. The molecule has 0 fully saturated rings. The monoisotopic (exact) mass is 186 g/mol. The van der Waals surface area contributed by atoms with E-state index in [9.17, 15) is 4.79 Å². The van der Waals surface area contributed by atoms with Crippen LogP contribution in [0.5, 0.6) is 0 Å². The van der Waals surface area contributed by atoms with E-state index in [-0.39, 0.29) is 10.6 Å². The maximum Gasteiger partial charge on any atom is 0.269 e. The highest BCUT2D eigenvalue weighted by atomic mass is 35.5. The second kappa shape index (κ2) is 3.74. The van der Waals surface area contributed by atoms with Crippen molar-refractivity contribution in [2.24, 2.45) is 12.8 Å². The first kappa shape index (κ1) is 9.29. The summed E-state index contributed by atoms with van der Waals surface area (Å²) in [5.74, 6) is 0. The van der Waals surface area contributed by atoms with Crippen LogP contribution in [-0.2, 0) is 13.5 Å². The third-order valence-electron chi connectivity index (χ3n) is 1.63. The van der Waals surface area contributed by atoms with Crippen LogP contribution in [0.4, 0.5) is 0 Å². The first-order valence-corrected chi connectivity index (χ1v) is 4.08. The molecule has 0 spiro atoms. The maximum absolute atomic E-state index is 11.1. The van der Waals surface area contributed by atoms with Crippen molar-refractivity contribution >= 4 is 11.6 Å². The first-order valence-electron chi connectivity index (χ1n) is 3.70. The number of halogens is 1. The Morgan fingerprint density at radius 3 is 2.83 bits per heavy atom. The quantitative estimate of drug-likeness (QED) is 0.733. The van der Waals surface area contributed by atoms with Crippen molar-refractivity contribution in [3.05, 3.63) is 33.2 Å². The number of aryl methyl sites for hydroxylation is 1. The predicted octanol–water partition coefficient (Wildman–Crippen LogP) is 0.540. The fourth-order valence-corrected chi connectivity index (χ4v) is 1.31. The second-order valence-corrected chi connectivity index (χ2v) is 3.06. The summed E-state index contributed by atoms with van der Waals surface area (Å²) in [5, 5.41) is 0.253. The lowest BCUT2D eigenvalue weighted by molar-refractivity contribution is 0.832. The van der Waals surface area contributed by atoms with Crippen LogP contribution in [-0.4, -0.2) is 11.1 Å². The Balaban J connectivity index is 3.13. The Labute approximate surface area is 75.8 Å². The van der Waals surface area contributed by atoms with Gasteiger partial charge in [0.2, 0.25) is 0 Å². The van der Waals surface area contributed by atoms with Crippen LogP contribution in [0.3, 0.4) is 0 Å². The molecule has 0 aromatic carbocycles. The number of rotatable bonds is 2. The Morgan fingerprint density at radius 2 is 2.33 bits per heavy atom. The summed E-state index contributed by atoms with van der Waals surface area (Å²) in [5.41, 5.74) is 6.19. The SMILES string of the molecule is Cn1cc(CCN)cc(Cl)c1=O. The predicted molar refractivity (Wildman–Crippen MR) is 49.5 cm³/mol. The van der Waals surface area contributed by atoms with E-state index in [4.69, 9.17) is 17.3 Å². The van der Waals surface area contributed by atoms with Gasteiger partial charge in [-0.25, -0.2) is 0 Å². The van der Waals surface area contributed by atoms with Gasteiger partial charge in [-0.3, -0.25) is 4.79 Å². The number of hydrogen-bond acceptors (Lipinski definition) is 2. The number of hydrogen-bond donors (Lipinski definition) is 1. The van der Waals surface area contributed by atoms with Gasteiger partial charge < -0.3 is 10.3 Å². The minimum atomic E-state index is -0.169. The van der Waals surface area contributed by atoms with Gasteiger partial charge in [-0.2, -0.15) is 0 Å². The minimum absolute atomic E-state index is 0.169. The number of aromatic nitrogens is 1. The molecule has 0 aliphatic rings. The van der Waals surface area contributed by atoms with Crippen molar-refractivity contribution in [3.8, 4) is 0 Å². The molecular formula is C8H11ClN2O. The van der Waals surface area contributed by atoms with E-state index in [1.807, 2.05) is 0 Å². The summed E-state index contributed by atoms with van der Waals surface area (Å²) >= 11 is 5.68. The standard InChI is InChI=1S/C8H11ClN2O/c1-11-5-6(2-3-10)4-7(9)8(11)12/h4-5H,2-3,10H2,1H3. The zero-order valence-corrected chi connectivity index (χ0v) is 7.64. The summed E-state index contributed by atoms with van der Waals surface area (Å²) in [6, 6.07) is 1.66. The van der Waals surface area contributed by atoms with E-state index < -0.39 is 0 Å². The summed E-state index contributed by atoms with van der Waals surface area (Å²) in [7, 11) is 1.67. The van der Waals surface area contributed by atoms with Crippen LogP contribution in [0.1, 0.15) is 5.56 Å². The van der Waals surface area contributed by atoms with Crippen molar-refractivity contribution in [3.63, 3.8) is 0 Å². The summed E-state index contributed by atoms with van der Waals surface area (Å²) in [6.45, 7) is 0.564. The molecule has 0 aliphatic carbocycles. The van der Waals surface area contributed by atoms with Gasteiger partial charge >= 0.3 is 0 Å². The highest BCUT2D eigenvalue weighted by Crippen LogP contribution is 2.05. The van der Waals surface area contributed by atoms with Gasteiger partial charge in [-0.1, -0.05) is 11.6 Å². The van der Waals surface area contributed by atoms with E-state index >= 15 is 0 Å². The van der Waals surface area contributed by atoms with E-state index in [2.05, 4.69) is 0 Å². The Hall–Kier alpha value is -0.800. The van der Waals surface area contributed by atoms with Crippen LogP contribution in [0, 0.1) is 0 Å². The molecule has 0 atom stereocenters. The van der Waals surface area contributed by atoms with Crippen LogP contribution >= 0.6 is 11.6 Å². The molecule has 0 aliphatic heterocycles. The second-order valence-electron chi connectivity index (χ2n) is 2.65. The third kappa shape index (κ3) is 1.87. The fourth-order valence-electron chi connectivity index (χ4n) is 1.04. The van der Waals surface area contributed by atoms with Crippen molar-refractivity contribution in [2.45, 2.75) is 6.42 Å². The molecule has 0 radical (unpaired) electrons. The smallest absolute Gasteiger partial charge is 0.269 e. The molecule has 1 aromatic heterocycles. The minimum Gasteiger partial charge on any atom is -0.330 e. The molecule has 1 aromatic rings. The molecule has 1 heterocycles. The normalized spacial score (nSPS) is 10.2. The maximum atomic E-state index is 11.1. The molecule has 12 heavy (non-hydrogen) atoms. The molecule has 0 bridgehead atoms. The zero-order chi connectivity index (χ0) is 9.14. The highest BCUT2D eigenvalue weighted by molar-refractivity contribution is 6.30. The third-order valence-corrected chi connectivity index (χ3v) is 1.90. The van der Waals surface area contributed by atoms with Crippen molar-refractivity contribution < 1.29 is 0 Å². The lowest BCUT2D eigenvalue weighted by Gasteiger charge is -2.02. The van der Waals surface area contributed by atoms with Crippen molar-refractivity contribution in [1.82, 2.24) is 4.57 Å². The van der Waals surface area contributed by atoms with Crippen molar-refractivity contribution in [2.75, 3.05) is 6.54 Å². The van der Waals surface area contributed by atoms with E-state index in [0.29, 0.717) is 6.54 Å².